The molecule has 0 radical (unpaired) electrons. The Morgan fingerprint density at radius 1 is 1.25 bits per heavy atom. The Kier molecular flexibility index (Phi) is 8.77. The zero-order valence-corrected chi connectivity index (χ0v) is 21.3. The van der Waals surface area contributed by atoms with Crippen LogP contribution >= 0.6 is 0 Å². The fourth-order valence-corrected chi connectivity index (χ4v) is 5.35. The molecule has 3 heterocycles. The van der Waals surface area contributed by atoms with E-state index in [0.29, 0.717) is 49.3 Å². The van der Waals surface area contributed by atoms with Gasteiger partial charge in [0, 0.05) is 63.2 Å². The van der Waals surface area contributed by atoms with Crippen molar-refractivity contribution in [2.75, 3.05) is 40.0 Å². The van der Waals surface area contributed by atoms with Crippen molar-refractivity contribution >= 4 is 12.2 Å². The van der Waals surface area contributed by atoms with Crippen LogP contribution in [0.25, 0.3) is 0 Å². The van der Waals surface area contributed by atoms with Gasteiger partial charge in [0.15, 0.2) is 0 Å². The number of hydrogen-bond donors (Lipinski definition) is 2. The number of ether oxygens (including phenoxy) is 2. The number of nitrogens with one attached hydrogen (secondary N) is 1. The number of allylic oxidation sites excluding steroid dienone is 1. The number of carbonyl (C=O) groups is 1. The van der Waals surface area contributed by atoms with E-state index in [4.69, 9.17) is 15.2 Å². The molecule has 196 valence electrons. The molecule has 2 fully saturated rings. The van der Waals surface area contributed by atoms with E-state index in [1.165, 1.54) is 6.07 Å². The van der Waals surface area contributed by atoms with Crippen molar-refractivity contribution in [3.63, 3.8) is 0 Å². The second kappa shape index (κ2) is 12.0. The van der Waals surface area contributed by atoms with Crippen LogP contribution in [0.15, 0.2) is 46.7 Å². The third kappa shape index (κ3) is 5.96. The Morgan fingerprint density at radius 2 is 2.03 bits per heavy atom. The number of fused-ring (bicyclic) bond motifs is 1. The fraction of sp³-hybridized carbons (Fsp3) is 0.556. The summed E-state index contributed by atoms with van der Waals surface area (Å²) in [4.78, 5) is 21.7. The Bertz CT molecular complexity index is 1020. The third-order valence-corrected chi connectivity index (χ3v) is 7.60. The number of rotatable bonds is 7. The van der Waals surface area contributed by atoms with Gasteiger partial charge in [0.1, 0.15) is 11.5 Å². The van der Waals surface area contributed by atoms with E-state index in [1.54, 1.807) is 13.2 Å². The molecular formula is C27H38FN5O3. The summed E-state index contributed by atoms with van der Waals surface area (Å²) in [6, 6.07) is 5.51. The monoisotopic (exact) mass is 499 g/mol. The van der Waals surface area contributed by atoms with E-state index in [0.717, 1.165) is 56.3 Å². The van der Waals surface area contributed by atoms with E-state index in [9.17, 15) is 9.18 Å². The van der Waals surface area contributed by atoms with Crippen LogP contribution in [0.5, 0.6) is 0 Å². The van der Waals surface area contributed by atoms with Gasteiger partial charge in [-0.2, -0.15) is 0 Å². The van der Waals surface area contributed by atoms with Gasteiger partial charge >= 0.3 is 0 Å². The van der Waals surface area contributed by atoms with Crippen molar-refractivity contribution in [2.24, 2.45) is 10.7 Å². The molecule has 36 heavy (non-hydrogen) atoms. The predicted octanol–water partition coefficient (Wildman–Crippen LogP) is 2.34. The first-order chi connectivity index (χ1) is 17.4. The third-order valence-electron chi connectivity index (χ3n) is 7.60. The topological polar surface area (TPSA) is 92.4 Å². The maximum Gasteiger partial charge on any atom is 0.272 e. The molecule has 0 aliphatic carbocycles. The molecule has 4 rings (SSSR count). The smallest absolute Gasteiger partial charge is 0.272 e. The molecule has 0 bridgehead atoms. The summed E-state index contributed by atoms with van der Waals surface area (Å²) in [6.45, 7) is 10.0. The second-order valence-electron chi connectivity index (χ2n) is 9.76. The van der Waals surface area contributed by atoms with Crippen molar-refractivity contribution in [2.45, 2.75) is 57.3 Å². The van der Waals surface area contributed by atoms with Gasteiger partial charge in [0.2, 0.25) is 0 Å². The predicted molar refractivity (Wildman–Crippen MR) is 138 cm³/mol. The molecule has 3 N–H and O–H groups in total. The van der Waals surface area contributed by atoms with Gasteiger partial charge in [0.05, 0.1) is 19.0 Å². The average Bonchev–Trinajstić information content (AvgIpc) is 2.91. The van der Waals surface area contributed by atoms with Crippen LogP contribution in [0.1, 0.15) is 37.3 Å². The van der Waals surface area contributed by atoms with Crippen LogP contribution in [0.2, 0.25) is 0 Å². The Morgan fingerprint density at radius 3 is 2.75 bits per heavy atom. The Labute approximate surface area is 213 Å². The number of piperidine rings is 1. The molecule has 0 spiro atoms. The number of nitrogens with zero attached hydrogens (tertiary/aromatic N) is 3. The molecule has 9 heteroatoms. The highest BCUT2D eigenvalue weighted by Crippen LogP contribution is 2.27. The minimum Gasteiger partial charge on any atom is -0.390 e. The number of nitrogens with two attached hydrogens (primary N) is 1. The van der Waals surface area contributed by atoms with Crippen LogP contribution < -0.4 is 11.1 Å². The maximum absolute atomic E-state index is 13.8. The van der Waals surface area contributed by atoms with Crippen molar-refractivity contribution in [1.29, 1.82) is 0 Å². The van der Waals surface area contributed by atoms with Crippen LogP contribution in [-0.2, 0) is 27.2 Å². The normalized spacial score (nSPS) is 24.0. The molecule has 0 aromatic heterocycles. The maximum atomic E-state index is 13.8. The molecule has 0 unspecified atom stereocenters. The lowest BCUT2D eigenvalue weighted by atomic mass is 9.98. The zero-order chi connectivity index (χ0) is 25.7. The van der Waals surface area contributed by atoms with E-state index in [-0.39, 0.29) is 23.9 Å². The van der Waals surface area contributed by atoms with E-state index < -0.39 is 0 Å². The zero-order valence-electron chi connectivity index (χ0n) is 21.3. The molecule has 0 saturated carbocycles. The fourth-order valence-electron chi connectivity index (χ4n) is 5.35. The van der Waals surface area contributed by atoms with Crippen LogP contribution in [0.4, 0.5) is 4.39 Å². The van der Waals surface area contributed by atoms with Gasteiger partial charge < -0.3 is 30.3 Å². The lowest BCUT2D eigenvalue weighted by Gasteiger charge is -2.38. The van der Waals surface area contributed by atoms with E-state index in [1.807, 2.05) is 17.9 Å². The molecule has 8 nitrogen and oxygen atoms in total. The average molecular weight is 500 g/mol. The summed E-state index contributed by atoms with van der Waals surface area (Å²) in [5, 5.41) is 3.72. The van der Waals surface area contributed by atoms with Gasteiger partial charge in [-0.3, -0.25) is 4.79 Å². The van der Waals surface area contributed by atoms with Crippen molar-refractivity contribution < 1.29 is 18.7 Å². The first kappa shape index (κ1) is 26.3. The molecule has 3 aliphatic heterocycles. The van der Waals surface area contributed by atoms with E-state index >= 15 is 0 Å². The summed E-state index contributed by atoms with van der Waals surface area (Å²) in [7, 11) is 1.72. The molecule has 1 aromatic carbocycles. The number of aliphatic imine (C=N–C) groups is 1. The highest BCUT2D eigenvalue weighted by atomic mass is 19.1. The standard InChI is InChI=1S/C27H38FN5O3/c1-18(19(2)33-10-6-20-4-5-22(28)14-21(20)15-33)26(30-17-29)27(34)32-11-7-23(8-12-32)31-24-9-13-36-16-25(24)35-3/h4-5,14,17,23-25,31H,2,6-13,15-16H2,1,3H3,(H2,29,30)/b26-18-/t24-,25+/m0/s1. The lowest BCUT2D eigenvalue weighted by Crippen LogP contribution is -2.54. The molecule has 1 aromatic rings. The lowest BCUT2D eigenvalue weighted by molar-refractivity contribution is -0.128. The largest absolute Gasteiger partial charge is 0.390 e. The Balaban J connectivity index is 1.40. The van der Waals surface area contributed by atoms with Crippen molar-refractivity contribution in [3.05, 3.63) is 58.7 Å². The summed E-state index contributed by atoms with van der Waals surface area (Å²) < 4.78 is 24.9. The van der Waals surface area contributed by atoms with Crippen LogP contribution in [-0.4, -0.2) is 80.2 Å². The molecule has 2 atom stereocenters. The highest BCUT2D eigenvalue weighted by molar-refractivity contribution is 5.95. The Hall–Kier alpha value is -2.75. The van der Waals surface area contributed by atoms with Crippen molar-refractivity contribution in [1.82, 2.24) is 15.1 Å². The quantitative estimate of drug-likeness (QED) is 0.259. The highest BCUT2D eigenvalue weighted by Gasteiger charge is 2.31. The number of benzene rings is 1. The van der Waals surface area contributed by atoms with Gasteiger partial charge in [-0.15, -0.1) is 0 Å². The summed E-state index contributed by atoms with van der Waals surface area (Å²) in [6.07, 6.45) is 4.64. The molecule has 2 saturated heterocycles. The summed E-state index contributed by atoms with van der Waals surface area (Å²) >= 11 is 0. The SMILES string of the molecule is C=C(/C(C)=C(\N=CN)C(=O)N1CCC(N[C@H]2CCOC[C@H]2OC)CC1)N1CCc2ccc(F)cc2C1. The number of amides is 1. The van der Waals surface area contributed by atoms with Crippen molar-refractivity contribution in [3.8, 4) is 0 Å². The number of carbonyl (C=O) groups excluding carboxylic acids is 1. The van der Waals surface area contributed by atoms with Crippen LogP contribution in [0.3, 0.4) is 0 Å². The van der Waals surface area contributed by atoms with Gasteiger partial charge in [0.25, 0.3) is 5.91 Å². The van der Waals surface area contributed by atoms with E-state index in [2.05, 4.69) is 21.8 Å². The first-order valence-corrected chi connectivity index (χ1v) is 12.7. The van der Waals surface area contributed by atoms with Crippen LogP contribution in [0, 0.1) is 5.82 Å². The minimum absolute atomic E-state index is 0.0544. The molecular weight excluding hydrogens is 461 g/mol. The number of halogens is 1. The molecule has 1 amide bonds. The first-order valence-electron chi connectivity index (χ1n) is 12.7. The second-order valence-corrected chi connectivity index (χ2v) is 9.76. The number of methoxy groups -OCH3 is 1. The van der Waals surface area contributed by atoms with Gasteiger partial charge in [-0.05, 0) is 55.9 Å². The number of likely N-dealkylation sites (tertiary alicyclic amines) is 1. The minimum atomic E-state index is -0.246. The summed E-state index contributed by atoms with van der Waals surface area (Å²) in [5.74, 6) is -0.386. The summed E-state index contributed by atoms with van der Waals surface area (Å²) in [5.41, 5.74) is 9.43. The van der Waals surface area contributed by atoms with Gasteiger partial charge in [-0.1, -0.05) is 12.6 Å². The van der Waals surface area contributed by atoms with Gasteiger partial charge in [-0.25, -0.2) is 9.38 Å². The molecule has 3 aliphatic rings. The number of hydrogen-bond acceptors (Lipinski definition) is 6.